The number of alkyl halides is 2. The number of thiophene rings is 1. The summed E-state index contributed by atoms with van der Waals surface area (Å²) >= 11 is 7.43. The van der Waals surface area contributed by atoms with Crippen molar-refractivity contribution in [2.24, 2.45) is 5.92 Å². The van der Waals surface area contributed by atoms with Gasteiger partial charge in [0.25, 0.3) is 6.43 Å². The monoisotopic (exact) mass is 701 g/mol. The van der Waals surface area contributed by atoms with Gasteiger partial charge in [0.1, 0.15) is 29.8 Å². The van der Waals surface area contributed by atoms with E-state index in [1.807, 2.05) is 4.90 Å². The minimum Gasteiger partial charge on any atom is -0.491 e. The molecule has 1 N–H and O–H groups in total. The van der Waals surface area contributed by atoms with Crippen molar-refractivity contribution in [2.45, 2.75) is 69.6 Å². The van der Waals surface area contributed by atoms with Crippen LogP contribution in [0.3, 0.4) is 0 Å². The number of hydrogen-bond acceptors (Lipinski definition) is 9. The van der Waals surface area contributed by atoms with Crippen molar-refractivity contribution in [1.29, 1.82) is 5.26 Å². The van der Waals surface area contributed by atoms with Gasteiger partial charge in [-0.05, 0) is 56.7 Å². The van der Waals surface area contributed by atoms with Crippen LogP contribution in [0.1, 0.15) is 62.8 Å². The molecule has 8 rings (SSSR count). The normalized spacial score (nSPS) is 26.9. The first kappa shape index (κ1) is 31.8. The highest BCUT2D eigenvalue weighted by Gasteiger charge is 2.48. The van der Waals surface area contributed by atoms with Gasteiger partial charge in [-0.15, -0.1) is 11.3 Å². The second-order valence-electron chi connectivity index (χ2n) is 13.8. The average Bonchev–Trinajstić information content (AvgIpc) is 3.77. The maximum atomic E-state index is 17.2. The van der Waals surface area contributed by atoms with Crippen molar-refractivity contribution >= 4 is 49.7 Å². The number of ether oxygens (including phenoxy) is 2. The first-order valence-electron chi connectivity index (χ1n) is 16.1. The quantitative estimate of drug-likeness (QED) is 0.213. The Hall–Kier alpha value is -3.44. The van der Waals surface area contributed by atoms with E-state index in [0.29, 0.717) is 49.1 Å². The topological polar surface area (TPSA) is 94.7 Å². The molecule has 3 saturated heterocycles. The fourth-order valence-corrected chi connectivity index (χ4v) is 9.93. The summed E-state index contributed by atoms with van der Waals surface area (Å²) in [6.07, 6.45) is 0.762. The first-order valence-corrected chi connectivity index (χ1v) is 17.3. The van der Waals surface area contributed by atoms with E-state index in [9.17, 15) is 19.1 Å². The number of hydrogen-bond donors (Lipinski definition) is 1. The fourth-order valence-electron chi connectivity index (χ4n) is 8.56. The summed E-state index contributed by atoms with van der Waals surface area (Å²) in [6.45, 7) is 6.77. The molecule has 0 spiro atoms. The van der Waals surface area contributed by atoms with Crippen molar-refractivity contribution in [2.75, 3.05) is 37.7 Å². The Labute approximate surface area is 282 Å². The number of aliphatic hydroxyl groups is 1. The number of benzene rings is 2. The summed E-state index contributed by atoms with van der Waals surface area (Å²) in [4.78, 5) is 13.1. The van der Waals surface area contributed by atoms with Crippen molar-refractivity contribution in [3.8, 4) is 29.0 Å². The highest BCUT2D eigenvalue weighted by molar-refractivity contribution is 7.19. The molecule has 2 aromatic carbocycles. The van der Waals surface area contributed by atoms with E-state index < -0.39 is 40.1 Å². The zero-order valence-electron chi connectivity index (χ0n) is 26.3. The van der Waals surface area contributed by atoms with Crippen molar-refractivity contribution in [3.63, 3.8) is 0 Å². The third kappa shape index (κ3) is 4.66. The molecule has 48 heavy (non-hydrogen) atoms. The molecular weight excluding hydrogens is 670 g/mol. The second-order valence-corrected chi connectivity index (χ2v) is 15.2. The van der Waals surface area contributed by atoms with Crippen LogP contribution in [0.25, 0.3) is 32.1 Å². The summed E-state index contributed by atoms with van der Waals surface area (Å²) in [6, 6.07) is 3.59. The molecule has 0 aliphatic carbocycles. The smallest absolute Gasteiger partial charge is 0.319 e. The van der Waals surface area contributed by atoms with Crippen LogP contribution < -0.4 is 14.4 Å². The fraction of sp³-hybridized carbons (Fsp3) is 0.500. The molecule has 8 nitrogen and oxygen atoms in total. The minimum absolute atomic E-state index is 0.0394. The molecular formula is C34H32ClF4N5O3S. The van der Waals surface area contributed by atoms with Gasteiger partial charge in [0.2, 0.25) is 0 Å². The van der Waals surface area contributed by atoms with Crippen LogP contribution in [0.4, 0.5) is 23.4 Å². The van der Waals surface area contributed by atoms with Crippen LogP contribution >= 0.6 is 22.9 Å². The third-order valence-electron chi connectivity index (χ3n) is 10.7. The van der Waals surface area contributed by atoms with Crippen LogP contribution in [-0.4, -0.2) is 70.0 Å². The zero-order valence-corrected chi connectivity index (χ0v) is 27.8. The summed E-state index contributed by atoms with van der Waals surface area (Å²) in [5.41, 5.74) is -2.17. The van der Waals surface area contributed by atoms with Gasteiger partial charge in [-0.25, -0.2) is 17.6 Å². The Kier molecular flexibility index (Phi) is 7.49. The molecule has 6 heterocycles. The largest absolute Gasteiger partial charge is 0.491 e. The van der Waals surface area contributed by atoms with Crippen LogP contribution in [0, 0.1) is 28.9 Å². The van der Waals surface area contributed by atoms with Crippen LogP contribution in [0.2, 0.25) is 5.02 Å². The van der Waals surface area contributed by atoms with Crippen molar-refractivity contribution in [3.05, 3.63) is 39.2 Å². The molecule has 0 bridgehead atoms. The Balaban J connectivity index is 1.37. The Bertz CT molecular complexity index is 2040. The van der Waals surface area contributed by atoms with Crippen LogP contribution in [0.15, 0.2) is 12.1 Å². The van der Waals surface area contributed by atoms with Gasteiger partial charge in [0.15, 0.2) is 11.6 Å². The average molecular weight is 702 g/mol. The highest BCUT2D eigenvalue weighted by atomic mass is 35.5. The molecule has 3 fully saturated rings. The lowest BCUT2D eigenvalue weighted by Crippen LogP contribution is -2.45. The third-order valence-corrected chi connectivity index (χ3v) is 12.2. The molecule has 4 aromatic rings. The lowest BCUT2D eigenvalue weighted by atomic mass is 9.92. The highest BCUT2D eigenvalue weighted by Crippen LogP contribution is 2.52. The second kappa shape index (κ2) is 11.3. The summed E-state index contributed by atoms with van der Waals surface area (Å²) < 4.78 is 72.6. The number of aromatic nitrogens is 2. The number of halogens is 5. The Morgan fingerprint density at radius 3 is 2.81 bits per heavy atom. The number of nitrogens with zero attached hydrogens (tertiary/aromatic N) is 5. The molecule has 0 amide bonds. The van der Waals surface area contributed by atoms with Gasteiger partial charge >= 0.3 is 6.01 Å². The standard InChI is InChI=1S/C34H32ClF4N5O3S/c1-16-12-34(7-3-9-43(34)14-16)15-47-32-41-26-23-27(46-11-6-20-33(2,45)8-10-44(20)31(23)42-32)24(35)22(25(26)37)17-4-5-19(36)29-21(17)18(13-40)28(48-29)30(38)39/h4-5,16,20,30,45H,3,6-12,14-15H2,1-2H3/t16-,20?,33?,34+/m1/s1. The summed E-state index contributed by atoms with van der Waals surface area (Å²) in [5.74, 6) is -0.865. The van der Waals surface area contributed by atoms with Gasteiger partial charge in [-0.1, -0.05) is 24.6 Å². The number of anilines is 1. The Morgan fingerprint density at radius 2 is 2.04 bits per heavy atom. The van der Waals surface area contributed by atoms with E-state index in [0.717, 1.165) is 38.4 Å². The van der Waals surface area contributed by atoms with Crippen molar-refractivity contribution in [1.82, 2.24) is 14.9 Å². The Morgan fingerprint density at radius 1 is 1.23 bits per heavy atom. The van der Waals surface area contributed by atoms with Crippen molar-refractivity contribution < 1.29 is 32.1 Å². The molecule has 0 radical (unpaired) electrons. The van der Waals surface area contributed by atoms with Crippen LogP contribution in [-0.2, 0) is 0 Å². The van der Waals surface area contributed by atoms with Crippen LogP contribution in [0.5, 0.6) is 11.8 Å². The number of fused-ring (bicyclic) bond motifs is 4. The first-order chi connectivity index (χ1) is 22.9. The predicted molar refractivity (Wildman–Crippen MR) is 174 cm³/mol. The summed E-state index contributed by atoms with van der Waals surface area (Å²) in [5, 5.41) is 21.0. The lowest BCUT2D eigenvalue weighted by molar-refractivity contribution is 0.0438. The summed E-state index contributed by atoms with van der Waals surface area (Å²) in [7, 11) is 0. The molecule has 2 aromatic heterocycles. The van der Waals surface area contributed by atoms with Gasteiger partial charge in [0.05, 0.1) is 49.3 Å². The zero-order chi connectivity index (χ0) is 33.7. The molecule has 4 aliphatic rings. The maximum absolute atomic E-state index is 17.2. The lowest BCUT2D eigenvalue weighted by Gasteiger charge is -2.35. The van der Waals surface area contributed by atoms with Gasteiger partial charge < -0.3 is 19.5 Å². The maximum Gasteiger partial charge on any atom is 0.319 e. The SMILES string of the molecule is C[C@H]1CN2CCC[C@@]2(COc2nc3c4c(c(Cl)c(-c5ccc(F)c6sc(C(F)F)c(C#N)c56)c(F)c4n2)OCCC2N3CCC2(C)O)C1. The van der Waals surface area contributed by atoms with E-state index in [1.165, 1.54) is 6.07 Å². The minimum atomic E-state index is -3.04. The number of nitriles is 1. The van der Waals surface area contributed by atoms with E-state index in [2.05, 4.69) is 16.8 Å². The van der Waals surface area contributed by atoms with E-state index in [4.69, 9.17) is 26.1 Å². The number of rotatable bonds is 5. The van der Waals surface area contributed by atoms with Gasteiger partial charge in [0, 0.05) is 30.5 Å². The molecule has 4 aliphatic heterocycles. The molecule has 252 valence electrons. The molecule has 2 unspecified atom stereocenters. The van der Waals surface area contributed by atoms with Gasteiger partial charge in [-0.2, -0.15) is 15.2 Å². The van der Waals surface area contributed by atoms with E-state index >= 15 is 8.78 Å². The van der Waals surface area contributed by atoms with E-state index in [-0.39, 0.29) is 61.0 Å². The predicted octanol–water partition coefficient (Wildman–Crippen LogP) is 7.62. The van der Waals surface area contributed by atoms with Gasteiger partial charge in [-0.3, -0.25) is 4.90 Å². The molecule has 14 heteroatoms. The molecule has 4 atom stereocenters. The molecule has 0 saturated carbocycles. The van der Waals surface area contributed by atoms with E-state index in [1.54, 1.807) is 13.0 Å².